The van der Waals surface area contributed by atoms with Gasteiger partial charge in [0.2, 0.25) is 0 Å². The fraction of sp³-hybridized carbons (Fsp3) is 0.619. The Bertz CT molecular complexity index is 715. The summed E-state index contributed by atoms with van der Waals surface area (Å²) < 4.78 is 0. The van der Waals surface area contributed by atoms with Gasteiger partial charge in [-0.05, 0) is 23.1 Å². The van der Waals surface area contributed by atoms with Gasteiger partial charge in [-0.25, -0.2) is 5.43 Å². The summed E-state index contributed by atoms with van der Waals surface area (Å²) in [5.74, 6) is 0.322. The number of hydrazone groups is 1. The van der Waals surface area contributed by atoms with E-state index < -0.39 is 0 Å². The number of amides is 1. The van der Waals surface area contributed by atoms with E-state index >= 15 is 0 Å². The minimum atomic E-state index is -0.117. The second kappa shape index (κ2) is 6.17. The molecule has 0 aromatic heterocycles. The first-order chi connectivity index (χ1) is 12.2. The van der Waals surface area contributed by atoms with Crippen molar-refractivity contribution in [1.29, 1.82) is 0 Å². The van der Waals surface area contributed by atoms with Crippen LogP contribution >= 0.6 is 0 Å². The quantitative estimate of drug-likeness (QED) is 0.830. The zero-order chi connectivity index (χ0) is 18.5. The Labute approximate surface area is 156 Å². The van der Waals surface area contributed by atoms with Crippen LogP contribution in [0.1, 0.15) is 43.6 Å². The molecule has 4 fully saturated rings. The molecule has 2 unspecified atom stereocenters. The summed E-state index contributed by atoms with van der Waals surface area (Å²) in [6.45, 7) is 15.4. The largest absolute Gasteiger partial charge is 0.300 e. The molecule has 1 aromatic carbocycles. The molecule has 4 heterocycles. The highest BCUT2D eigenvalue weighted by Gasteiger charge is 2.49. The molecule has 4 saturated heterocycles. The number of piperidine rings is 2. The molecule has 0 spiro atoms. The maximum atomic E-state index is 12.6. The number of nitrogens with one attached hydrogen (secondary N) is 1. The molecule has 4 aliphatic rings. The second-order valence-electron chi connectivity index (χ2n) is 9.49. The van der Waals surface area contributed by atoms with Crippen molar-refractivity contribution in [3.8, 4) is 0 Å². The van der Waals surface area contributed by atoms with Crippen molar-refractivity contribution in [2.45, 2.75) is 33.1 Å². The Kier molecular flexibility index (Phi) is 4.20. The predicted octanol–water partition coefficient (Wildman–Crippen LogP) is 2.34. The van der Waals surface area contributed by atoms with Crippen LogP contribution < -0.4 is 5.43 Å². The predicted molar refractivity (Wildman–Crippen MR) is 105 cm³/mol. The molecule has 2 atom stereocenters. The number of carbonyl (C=O) groups excluding carboxylic acids is 1. The third-order valence-corrected chi connectivity index (χ3v) is 6.13. The van der Waals surface area contributed by atoms with E-state index in [9.17, 15) is 4.79 Å². The van der Waals surface area contributed by atoms with Crippen LogP contribution in [0.15, 0.2) is 29.4 Å². The van der Waals surface area contributed by atoms with E-state index in [-0.39, 0.29) is 16.7 Å². The topological polar surface area (TPSA) is 47.9 Å². The van der Waals surface area contributed by atoms with E-state index in [2.05, 4.69) is 48.0 Å². The first-order valence-electron chi connectivity index (χ1n) is 9.68. The van der Waals surface area contributed by atoms with Crippen molar-refractivity contribution in [3.63, 3.8) is 0 Å². The molecule has 0 radical (unpaired) electrons. The van der Waals surface area contributed by atoms with Crippen LogP contribution in [-0.2, 0) is 5.41 Å². The average Bonchev–Trinajstić information content (AvgIpc) is 2.80. The number of hydrogen-bond donors (Lipinski definition) is 1. The normalized spacial score (nSPS) is 34.8. The standard InChI is InChI=1S/C21H30N4O/c1-20(2,3)17-7-5-15(6-8-17)19(26)23-22-18-16-11-24-9-10-25(12-16)14-21(18,4)13-24/h5-8,16H,9-14H2,1-4H3,(H,23,26)/b22-18+. The van der Waals surface area contributed by atoms with Gasteiger partial charge in [0.15, 0.2) is 0 Å². The lowest BCUT2D eigenvalue weighted by Gasteiger charge is -2.48. The molecule has 4 aliphatic heterocycles. The van der Waals surface area contributed by atoms with Gasteiger partial charge < -0.3 is 9.80 Å². The molecule has 0 aliphatic carbocycles. The van der Waals surface area contributed by atoms with Gasteiger partial charge in [0.25, 0.3) is 5.91 Å². The number of carbonyl (C=O) groups is 1. The summed E-state index contributed by atoms with van der Waals surface area (Å²) in [5, 5.41) is 4.65. The Balaban J connectivity index is 1.50. The SMILES string of the molecule is CC12CN3CCN(CC(C3)/C1=N\NC(=O)c1ccc(C(C)(C)C)cc1)C2. The van der Waals surface area contributed by atoms with Crippen LogP contribution in [0, 0.1) is 11.3 Å². The van der Waals surface area contributed by atoms with Gasteiger partial charge in [-0.1, -0.05) is 39.8 Å². The van der Waals surface area contributed by atoms with Gasteiger partial charge in [-0.3, -0.25) is 4.79 Å². The molecule has 140 valence electrons. The van der Waals surface area contributed by atoms with E-state index in [1.807, 2.05) is 24.3 Å². The Morgan fingerprint density at radius 3 is 2.19 bits per heavy atom. The molecule has 1 amide bonds. The molecule has 26 heavy (non-hydrogen) atoms. The summed E-state index contributed by atoms with van der Waals surface area (Å²) in [6.07, 6.45) is 0. The van der Waals surface area contributed by atoms with E-state index in [0.29, 0.717) is 11.5 Å². The van der Waals surface area contributed by atoms with Crippen LogP contribution in [0.25, 0.3) is 0 Å². The summed E-state index contributed by atoms with van der Waals surface area (Å²) >= 11 is 0. The van der Waals surface area contributed by atoms with Gasteiger partial charge in [0, 0.05) is 56.2 Å². The molecule has 0 saturated carbocycles. The van der Waals surface area contributed by atoms with Crippen LogP contribution in [0.4, 0.5) is 0 Å². The van der Waals surface area contributed by atoms with Crippen LogP contribution in [0.5, 0.6) is 0 Å². The summed E-state index contributed by atoms with van der Waals surface area (Å²) in [4.78, 5) is 17.7. The molecule has 4 bridgehead atoms. The number of benzene rings is 1. The van der Waals surface area contributed by atoms with Crippen molar-refractivity contribution < 1.29 is 4.79 Å². The Morgan fingerprint density at radius 1 is 1.12 bits per heavy atom. The lowest BCUT2D eigenvalue weighted by Crippen LogP contribution is -2.60. The molecular formula is C21H30N4O. The van der Waals surface area contributed by atoms with Crippen molar-refractivity contribution in [3.05, 3.63) is 35.4 Å². The number of rotatable bonds is 2. The lowest BCUT2D eigenvalue weighted by atomic mass is 9.72. The van der Waals surface area contributed by atoms with E-state index in [1.165, 1.54) is 11.3 Å². The first kappa shape index (κ1) is 17.7. The highest BCUT2D eigenvalue weighted by atomic mass is 16.2. The highest BCUT2D eigenvalue weighted by Crippen LogP contribution is 2.38. The highest BCUT2D eigenvalue weighted by molar-refractivity contribution is 5.98. The fourth-order valence-electron chi connectivity index (χ4n) is 4.82. The van der Waals surface area contributed by atoms with Crippen LogP contribution in [-0.4, -0.2) is 60.7 Å². The van der Waals surface area contributed by atoms with Crippen molar-refractivity contribution >= 4 is 11.6 Å². The summed E-state index contributed by atoms with van der Waals surface area (Å²) in [5.41, 5.74) is 6.07. The lowest BCUT2D eigenvalue weighted by molar-refractivity contribution is 0.0948. The van der Waals surface area contributed by atoms with Gasteiger partial charge in [-0.2, -0.15) is 5.10 Å². The average molecular weight is 354 g/mol. The third kappa shape index (κ3) is 3.19. The fourth-order valence-corrected chi connectivity index (χ4v) is 4.82. The van der Waals surface area contributed by atoms with Gasteiger partial charge in [0.1, 0.15) is 0 Å². The summed E-state index contributed by atoms with van der Waals surface area (Å²) in [6, 6.07) is 7.88. The maximum Gasteiger partial charge on any atom is 0.271 e. The van der Waals surface area contributed by atoms with Crippen molar-refractivity contribution in [1.82, 2.24) is 15.2 Å². The van der Waals surface area contributed by atoms with Crippen LogP contribution in [0.2, 0.25) is 0 Å². The molecule has 1 aromatic rings. The molecule has 5 rings (SSSR count). The molecular weight excluding hydrogens is 324 g/mol. The number of hydrogen-bond acceptors (Lipinski definition) is 4. The zero-order valence-electron chi connectivity index (χ0n) is 16.4. The van der Waals surface area contributed by atoms with Gasteiger partial charge in [0.05, 0.1) is 5.71 Å². The van der Waals surface area contributed by atoms with Gasteiger partial charge in [-0.15, -0.1) is 0 Å². The number of nitrogens with zero attached hydrogens (tertiary/aromatic N) is 3. The Hall–Kier alpha value is -1.72. The van der Waals surface area contributed by atoms with E-state index in [0.717, 1.165) is 39.3 Å². The summed E-state index contributed by atoms with van der Waals surface area (Å²) in [7, 11) is 0. The zero-order valence-corrected chi connectivity index (χ0v) is 16.4. The Morgan fingerprint density at radius 2 is 1.69 bits per heavy atom. The molecule has 5 heteroatoms. The van der Waals surface area contributed by atoms with Gasteiger partial charge >= 0.3 is 0 Å². The van der Waals surface area contributed by atoms with Crippen molar-refractivity contribution in [2.75, 3.05) is 39.3 Å². The maximum absolute atomic E-state index is 12.6. The number of fused-ring (bicyclic) bond motifs is 1. The monoisotopic (exact) mass is 354 g/mol. The minimum Gasteiger partial charge on any atom is -0.300 e. The minimum absolute atomic E-state index is 0.0566. The van der Waals surface area contributed by atoms with Crippen LogP contribution in [0.3, 0.4) is 0 Å². The van der Waals surface area contributed by atoms with E-state index in [1.54, 1.807) is 0 Å². The smallest absolute Gasteiger partial charge is 0.271 e. The van der Waals surface area contributed by atoms with E-state index in [4.69, 9.17) is 0 Å². The van der Waals surface area contributed by atoms with Crippen molar-refractivity contribution in [2.24, 2.45) is 16.4 Å². The molecule has 5 nitrogen and oxygen atoms in total. The third-order valence-electron chi connectivity index (χ3n) is 6.13. The molecule has 1 N–H and O–H groups in total. The second-order valence-corrected chi connectivity index (χ2v) is 9.49. The first-order valence-corrected chi connectivity index (χ1v) is 9.68.